The molecule has 0 unspecified atom stereocenters. The number of hydrogen-bond donors (Lipinski definition) is 1. The molecule has 1 fully saturated rings. The van der Waals surface area contributed by atoms with Gasteiger partial charge in [-0.3, -0.25) is 13.9 Å². The fourth-order valence-electron chi connectivity index (χ4n) is 4.81. The molecule has 0 saturated heterocycles. The Hall–Kier alpha value is -2.78. The zero-order valence-electron chi connectivity index (χ0n) is 22.8. The summed E-state index contributed by atoms with van der Waals surface area (Å²) in [6, 6.07) is 16.8. The van der Waals surface area contributed by atoms with Crippen molar-refractivity contribution in [3.63, 3.8) is 0 Å². The van der Waals surface area contributed by atoms with Crippen molar-refractivity contribution in [3.05, 3.63) is 92.9 Å². The molecule has 0 aromatic heterocycles. The van der Waals surface area contributed by atoms with E-state index in [-0.39, 0.29) is 39.1 Å². The summed E-state index contributed by atoms with van der Waals surface area (Å²) in [5.74, 6) is -0.862. The third-order valence-corrected chi connectivity index (χ3v) is 9.63. The maximum absolute atomic E-state index is 14.0. The first kappa shape index (κ1) is 31.2. The Kier molecular flexibility index (Phi) is 10.2. The molecule has 7 nitrogen and oxygen atoms in total. The maximum atomic E-state index is 14.0. The number of carbonyl (C=O) groups excluding carboxylic acids is 2. The van der Waals surface area contributed by atoms with Crippen LogP contribution in [0.2, 0.25) is 15.1 Å². The topological polar surface area (TPSA) is 86.8 Å². The van der Waals surface area contributed by atoms with Crippen LogP contribution in [0.5, 0.6) is 0 Å². The molecular formula is C30H32Cl3N3O4S. The van der Waals surface area contributed by atoms with Gasteiger partial charge in [-0.2, -0.15) is 0 Å². The van der Waals surface area contributed by atoms with E-state index in [1.165, 1.54) is 35.2 Å². The fraction of sp³-hybridized carbons (Fsp3) is 0.333. The number of amides is 2. The molecule has 0 heterocycles. The maximum Gasteiger partial charge on any atom is 0.264 e. The van der Waals surface area contributed by atoms with Crippen molar-refractivity contribution in [2.24, 2.45) is 0 Å². The third-order valence-electron chi connectivity index (χ3n) is 7.16. The quantitative estimate of drug-likeness (QED) is 0.271. The van der Waals surface area contributed by atoms with Gasteiger partial charge in [0.1, 0.15) is 12.6 Å². The number of carbonyl (C=O) groups is 2. The molecule has 0 bridgehead atoms. The van der Waals surface area contributed by atoms with Gasteiger partial charge in [0.05, 0.1) is 10.6 Å². The van der Waals surface area contributed by atoms with Crippen LogP contribution in [0.4, 0.5) is 5.69 Å². The number of aryl methyl sites for hydroxylation is 1. The first-order valence-electron chi connectivity index (χ1n) is 13.3. The van der Waals surface area contributed by atoms with Crippen molar-refractivity contribution in [2.75, 3.05) is 10.8 Å². The Morgan fingerprint density at radius 1 is 0.902 bits per heavy atom. The van der Waals surface area contributed by atoms with E-state index < -0.39 is 28.5 Å². The summed E-state index contributed by atoms with van der Waals surface area (Å²) in [5.41, 5.74) is 1.75. The lowest BCUT2D eigenvalue weighted by molar-refractivity contribution is -0.139. The van der Waals surface area contributed by atoms with Gasteiger partial charge in [0, 0.05) is 27.7 Å². The van der Waals surface area contributed by atoms with Crippen LogP contribution in [-0.4, -0.2) is 43.8 Å². The number of rotatable bonds is 10. The Balaban J connectivity index is 1.70. The number of sulfonamides is 1. The monoisotopic (exact) mass is 635 g/mol. The molecular weight excluding hydrogens is 605 g/mol. The van der Waals surface area contributed by atoms with Crippen molar-refractivity contribution < 1.29 is 18.0 Å². The Morgan fingerprint density at radius 3 is 2.07 bits per heavy atom. The van der Waals surface area contributed by atoms with Gasteiger partial charge >= 0.3 is 0 Å². The molecule has 2 amide bonds. The average molecular weight is 637 g/mol. The van der Waals surface area contributed by atoms with Crippen molar-refractivity contribution in [3.8, 4) is 0 Å². The van der Waals surface area contributed by atoms with Crippen LogP contribution in [0.25, 0.3) is 0 Å². The molecule has 3 aromatic carbocycles. The molecule has 11 heteroatoms. The minimum atomic E-state index is -4.23. The molecule has 0 radical (unpaired) electrons. The molecule has 3 aromatic rings. The number of anilines is 1. The molecule has 0 aliphatic heterocycles. The van der Waals surface area contributed by atoms with Gasteiger partial charge in [-0.15, -0.1) is 0 Å². The van der Waals surface area contributed by atoms with Gasteiger partial charge in [0.2, 0.25) is 11.8 Å². The first-order valence-corrected chi connectivity index (χ1v) is 15.9. The molecule has 4 rings (SSSR count). The number of benzene rings is 3. The van der Waals surface area contributed by atoms with Crippen LogP contribution >= 0.6 is 34.8 Å². The van der Waals surface area contributed by atoms with Crippen molar-refractivity contribution in [2.45, 2.75) is 63.1 Å². The summed E-state index contributed by atoms with van der Waals surface area (Å²) in [7, 11) is -4.23. The van der Waals surface area contributed by atoms with E-state index in [0.717, 1.165) is 41.1 Å². The normalized spacial score (nSPS) is 14.5. The van der Waals surface area contributed by atoms with E-state index in [0.29, 0.717) is 5.02 Å². The molecule has 218 valence electrons. The highest BCUT2D eigenvalue weighted by Crippen LogP contribution is 2.30. The molecule has 1 aliphatic carbocycles. The lowest BCUT2D eigenvalue weighted by Gasteiger charge is -2.32. The summed E-state index contributed by atoms with van der Waals surface area (Å²) in [4.78, 5) is 28.7. The van der Waals surface area contributed by atoms with Gasteiger partial charge < -0.3 is 10.2 Å². The van der Waals surface area contributed by atoms with Crippen molar-refractivity contribution >= 4 is 62.3 Å². The second kappa shape index (κ2) is 13.5. The molecule has 41 heavy (non-hydrogen) atoms. The minimum Gasteiger partial charge on any atom is -0.352 e. The van der Waals surface area contributed by atoms with E-state index in [2.05, 4.69) is 5.32 Å². The highest BCUT2D eigenvalue weighted by molar-refractivity contribution is 7.92. The summed E-state index contributed by atoms with van der Waals surface area (Å²) in [5, 5.41) is 4.01. The molecule has 0 spiro atoms. The highest BCUT2D eigenvalue weighted by Gasteiger charge is 2.33. The summed E-state index contributed by atoms with van der Waals surface area (Å²) in [6.45, 7) is 2.99. The van der Waals surface area contributed by atoms with E-state index >= 15 is 0 Å². The minimum absolute atomic E-state index is 0.00303. The standard InChI is InChI=1S/C30H32Cl3N3O4S/c1-20-7-13-28(14-8-20)41(39,40)36(27-16-24(32)15-25(33)17-27)19-29(37)35(18-22-9-11-23(31)12-10-22)21(2)30(38)34-26-5-3-4-6-26/h7-17,21,26H,3-6,18-19H2,1-2H3,(H,34,38)/t21-/m1/s1. The molecule has 1 N–H and O–H groups in total. The van der Waals surface area contributed by atoms with E-state index in [4.69, 9.17) is 34.8 Å². The van der Waals surface area contributed by atoms with E-state index in [1.807, 2.05) is 6.92 Å². The van der Waals surface area contributed by atoms with Crippen LogP contribution in [-0.2, 0) is 26.2 Å². The Labute approximate surface area is 256 Å². The average Bonchev–Trinajstić information content (AvgIpc) is 3.43. The Morgan fingerprint density at radius 2 is 1.49 bits per heavy atom. The summed E-state index contributed by atoms with van der Waals surface area (Å²) in [6.07, 6.45) is 3.87. The molecule has 1 aliphatic rings. The second-order valence-electron chi connectivity index (χ2n) is 10.3. The zero-order chi connectivity index (χ0) is 29.7. The van der Waals surface area contributed by atoms with Gasteiger partial charge in [0.25, 0.3) is 10.0 Å². The van der Waals surface area contributed by atoms with Gasteiger partial charge in [-0.05, 0) is 74.7 Å². The highest BCUT2D eigenvalue weighted by atomic mass is 35.5. The number of halogens is 3. The van der Waals surface area contributed by atoms with Crippen LogP contribution < -0.4 is 9.62 Å². The lowest BCUT2D eigenvalue weighted by Crippen LogP contribution is -2.52. The second-order valence-corrected chi connectivity index (χ2v) is 13.4. The SMILES string of the molecule is Cc1ccc(S(=O)(=O)N(CC(=O)N(Cc2ccc(Cl)cc2)[C@H](C)C(=O)NC2CCCC2)c2cc(Cl)cc(Cl)c2)cc1. The smallest absolute Gasteiger partial charge is 0.264 e. The number of nitrogens with one attached hydrogen (secondary N) is 1. The van der Waals surface area contributed by atoms with Crippen molar-refractivity contribution in [1.82, 2.24) is 10.2 Å². The van der Waals surface area contributed by atoms with E-state index in [1.54, 1.807) is 43.3 Å². The van der Waals surface area contributed by atoms with Gasteiger partial charge in [-0.25, -0.2) is 8.42 Å². The van der Waals surface area contributed by atoms with Crippen LogP contribution in [0, 0.1) is 6.92 Å². The molecule has 1 saturated carbocycles. The zero-order valence-corrected chi connectivity index (χ0v) is 25.9. The summed E-state index contributed by atoms with van der Waals surface area (Å²) >= 11 is 18.5. The number of hydrogen-bond acceptors (Lipinski definition) is 4. The largest absolute Gasteiger partial charge is 0.352 e. The number of nitrogens with zero attached hydrogens (tertiary/aromatic N) is 2. The summed E-state index contributed by atoms with van der Waals surface area (Å²) < 4.78 is 28.8. The van der Waals surface area contributed by atoms with Crippen LogP contribution in [0.3, 0.4) is 0 Å². The fourth-order valence-corrected chi connectivity index (χ4v) is 6.85. The predicted molar refractivity (Wildman–Crippen MR) is 164 cm³/mol. The third kappa shape index (κ3) is 7.95. The first-order chi connectivity index (χ1) is 19.4. The van der Waals surface area contributed by atoms with Crippen LogP contribution in [0.15, 0.2) is 71.6 Å². The van der Waals surface area contributed by atoms with Gasteiger partial charge in [-0.1, -0.05) is 77.5 Å². The lowest BCUT2D eigenvalue weighted by atomic mass is 10.1. The molecule has 1 atom stereocenters. The Bertz CT molecular complexity index is 1470. The van der Waals surface area contributed by atoms with Crippen molar-refractivity contribution in [1.29, 1.82) is 0 Å². The predicted octanol–water partition coefficient (Wildman–Crippen LogP) is 6.63. The van der Waals surface area contributed by atoms with E-state index in [9.17, 15) is 18.0 Å². The van der Waals surface area contributed by atoms with Crippen LogP contribution in [0.1, 0.15) is 43.7 Å². The van der Waals surface area contributed by atoms with Gasteiger partial charge in [0.15, 0.2) is 0 Å².